The zero-order valence-corrected chi connectivity index (χ0v) is 9.94. The maximum Gasteiger partial charge on any atom is 0.122 e. The van der Waals surface area contributed by atoms with Crippen molar-refractivity contribution in [3.8, 4) is 0 Å². The smallest absolute Gasteiger partial charge is 0.122 e. The van der Waals surface area contributed by atoms with Crippen LogP contribution in [0.3, 0.4) is 0 Å². The second kappa shape index (κ2) is 4.08. The van der Waals surface area contributed by atoms with Crippen LogP contribution in [-0.2, 0) is 0 Å². The predicted molar refractivity (Wildman–Crippen MR) is 65.1 cm³/mol. The highest BCUT2D eigenvalue weighted by atomic mass is 35.5. The van der Waals surface area contributed by atoms with Crippen molar-refractivity contribution >= 4 is 46.3 Å². The van der Waals surface area contributed by atoms with E-state index in [1.165, 1.54) is 0 Å². The Morgan fingerprint density at radius 1 is 1.20 bits per heavy atom. The Balaban J connectivity index is 2.42. The summed E-state index contributed by atoms with van der Waals surface area (Å²) in [5.41, 5.74) is 6.31. The number of halogens is 3. The van der Waals surface area contributed by atoms with Crippen LogP contribution in [0, 0.1) is 0 Å². The number of anilines is 1. The van der Waals surface area contributed by atoms with Crippen molar-refractivity contribution in [2.75, 3.05) is 11.6 Å². The Kier molecular flexibility index (Phi) is 2.96. The second-order valence-electron chi connectivity index (χ2n) is 3.16. The standard InChI is InChI=1S/C9H8Cl3N3/c10-5-1-2-6(9(12)8(5)11)15-4-3-7(13)14-15/h1-2H,3-4H2,(H2,13,14). The molecule has 0 saturated carbocycles. The van der Waals surface area contributed by atoms with E-state index in [-0.39, 0.29) is 0 Å². The minimum atomic E-state index is 0.344. The molecule has 3 nitrogen and oxygen atoms in total. The Morgan fingerprint density at radius 3 is 2.53 bits per heavy atom. The van der Waals surface area contributed by atoms with Crippen LogP contribution in [-0.4, -0.2) is 12.4 Å². The van der Waals surface area contributed by atoms with Gasteiger partial charge in [0.15, 0.2) is 0 Å². The fourth-order valence-corrected chi connectivity index (χ4v) is 1.99. The van der Waals surface area contributed by atoms with Crippen molar-refractivity contribution in [1.82, 2.24) is 0 Å². The number of nitrogens with two attached hydrogens (primary N) is 1. The summed E-state index contributed by atoms with van der Waals surface area (Å²) in [5.74, 6) is 0.595. The van der Waals surface area contributed by atoms with Crippen molar-refractivity contribution in [3.05, 3.63) is 27.2 Å². The van der Waals surface area contributed by atoms with E-state index in [4.69, 9.17) is 40.5 Å². The molecule has 0 fully saturated rings. The van der Waals surface area contributed by atoms with Crippen molar-refractivity contribution in [3.63, 3.8) is 0 Å². The van der Waals surface area contributed by atoms with Crippen LogP contribution in [0.5, 0.6) is 0 Å². The van der Waals surface area contributed by atoms with Crippen LogP contribution >= 0.6 is 34.8 Å². The fraction of sp³-hybridized carbons (Fsp3) is 0.222. The van der Waals surface area contributed by atoms with Crippen LogP contribution < -0.4 is 10.7 Å². The molecule has 6 heteroatoms. The van der Waals surface area contributed by atoms with Crippen LogP contribution in [0.4, 0.5) is 5.69 Å². The van der Waals surface area contributed by atoms with Gasteiger partial charge in [-0.25, -0.2) is 0 Å². The Hall–Kier alpha value is -0.640. The van der Waals surface area contributed by atoms with Crippen molar-refractivity contribution in [2.24, 2.45) is 10.8 Å². The van der Waals surface area contributed by atoms with Crippen molar-refractivity contribution in [1.29, 1.82) is 0 Å². The molecule has 0 saturated heterocycles. The van der Waals surface area contributed by atoms with Gasteiger partial charge >= 0.3 is 0 Å². The highest BCUT2D eigenvalue weighted by Crippen LogP contribution is 2.38. The molecule has 15 heavy (non-hydrogen) atoms. The van der Waals surface area contributed by atoms with Crippen LogP contribution in [0.25, 0.3) is 0 Å². The molecule has 1 aliphatic heterocycles. The number of benzene rings is 1. The largest absolute Gasteiger partial charge is 0.386 e. The first-order valence-electron chi connectivity index (χ1n) is 4.33. The van der Waals surface area contributed by atoms with Gasteiger partial charge in [-0.1, -0.05) is 34.8 Å². The van der Waals surface area contributed by atoms with Gasteiger partial charge in [-0.15, -0.1) is 0 Å². The van der Waals surface area contributed by atoms with Gasteiger partial charge in [0.05, 0.1) is 20.8 Å². The Labute approximate surface area is 102 Å². The van der Waals surface area contributed by atoms with E-state index in [1.807, 2.05) is 0 Å². The molecule has 0 bridgehead atoms. The molecule has 0 aromatic heterocycles. The molecule has 0 radical (unpaired) electrons. The van der Waals surface area contributed by atoms with Crippen LogP contribution in [0.1, 0.15) is 6.42 Å². The number of hydrazone groups is 1. The topological polar surface area (TPSA) is 41.6 Å². The first-order valence-corrected chi connectivity index (χ1v) is 5.47. The van der Waals surface area contributed by atoms with Gasteiger partial charge in [0.2, 0.25) is 0 Å². The maximum absolute atomic E-state index is 6.06. The molecule has 2 N–H and O–H groups in total. The average Bonchev–Trinajstić information content (AvgIpc) is 2.61. The molecule has 0 spiro atoms. The summed E-state index contributed by atoms with van der Waals surface area (Å²) in [6.45, 7) is 0.712. The molecule has 0 atom stereocenters. The number of hydrogen-bond acceptors (Lipinski definition) is 3. The second-order valence-corrected chi connectivity index (χ2v) is 4.32. The monoisotopic (exact) mass is 263 g/mol. The molecule has 0 unspecified atom stereocenters. The summed E-state index contributed by atoms with van der Waals surface area (Å²) >= 11 is 17.8. The van der Waals surface area contributed by atoms with E-state index < -0.39 is 0 Å². The third kappa shape index (κ3) is 2.00. The van der Waals surface area contributed by atoms with E-state index in [9.17, 15) is 0 Å². The summed E-state index contributed by atoms with van der Waals surface area (Å²) in [6, 6.07) is 3.47. The highest BCUT2D eigenvalue weighted by molar-refractivity contribution is 6.49. The lowest BCUT2D eigenvalue weighted by Gasteiger charge is -2.16. The van der Waals surface area contributed by atoms with E-state index in [0.717, 1.165) is 12.1 Å². The molecule has 1 aromatic carbocycles. The quantitative estimate of drug-likeness (QED) is 0.792. The van der Waals surface area contributed by atoms with E-state index >= 15 is 0 Å². The number of nitrogens with zero attached hydrogens (tertiary/aromatic N) is 2. The number of hydrogen-bond donors (Lipinski definition) is 1. The Morgan fingerprint density at radius 2 is 1.93 bits per heavy atom. The van der Waals surface area contributed by atoms with E-state index in [1.54, 1.807) is 17.1 Å². The molecule has 0 aliphatic carbocycles. The highest BCUT2D eigenvalue weighted by Gasteiger charge is 2.18. The van der Waals surface area contributed by atoms with Gasteiger partial charge < -0.3 is 5.73 Å². The number of amidine groups is 1. The van der Waals surface area contributed by atoms with Gasteiger partial charge in [-0.3, -0.25) is 5.01 Å². The zero-order valence-electron chi connectivity index (χ0n) is 7.67. The van der Waals surface area contributed by atoms with Gasteiger partial charge in [0.1, 0.15) is 5.84 Å². The van der Waals surface area contributed by atoms with Crippen LogP contribution in [0.15, 0.2) is 17.2 Å². The van der Waals surface area contributed by atoms with E-state index in [0.29, 0.717) is 27.4 Å². The SMILES string of the molecule is NC1=NN(c2ccc(Cl)c(Cl)c2Cl)CC1. The minimum absolute atomic E-state index is 0.344. The fourth-order valence-electron chi connectivity index (χ4n) is 1.36. The normalized spacial score (nSPS) is 15.7. The third-order valence-electron chi connectivity index (χ3n) is 2.12. The summed E-state index contributed by atoms with van der Waals surface area (Å²) in [4.78, 5) is 0. The molecular formula is C9H8Cl3N3. The Bertz CT molecular complexity index is 431. The first kappa shape index (κ1) is 10.9. The molecule has 0 amide bonds. The summed E-state index contributed by atoms with van der Waals surface area (Å²) < 4.78 is 0. The van der Waals surface area contributed by atoms with Crippen molar-refractivity contribution in [2.45, 2.75) is 6.42 Å². The lowest BCUT2D eigenvalue weighted by Crippen LogP contribution is -2.12. The lowest BCUT2D eigenvalue weighted by molar-refractivity contribution is 0.922. The van der Waals surface area contributed by atoms with Crippen LogP contribution in [0.2, 0.25) is 15.1 Å². The number of rotatable bonds is 1. The molecule has 1 aromatic rings. The molecule has 80 valence electrons. The molecule has 1 heterocycles. The summed E-state index contributed by atoms with van der Waals surface area (Å²) in [6.07, 6.45) is 0.733. The zero-order chi connectivity index (χ0) is 11.0. The van der Waals surface area contributed by atoms with Crippen molar-refractivity contribution < 1.29 is 0 Å². The first-order chi connectivity index (χ1) is 7.09. The van der Waals surface area contributed by atoms with E-state index in [2.05, 4.69) is 5.10 Å². The molecule has 1 aliphatic rings. The lowest BCUT2D eigenvalue weighted by atomic mass is 10.3. The summed E-state index contributed by atoms with van der Waals surface area (Å²) in [5, 5.41) is 7.04. The molecular weight excluding hydrogens is 256 g/mol. The van der Waals surface area contributed by atoms with Gasteiger partial charge in [-0.2, -0.15) is 5.10 Å². The van der Waals surface area contributed by atoms with Gasteiger partial charge in [-0.05, 0) is 12.1 Å². The third-order valence-corrected chi connectivity index (χ3v) is 3.41. The maximum atomic E-state index is 6.06. The average molecular weight is 265 g/mol. The summed E-state index contributed by atoms with van der Waals surface area (Å²) in [7, 11) is 0. The minimum Gasteiger partial charge on any atom is -0.386 e. The van der Waals surface area contributed by atoms with Gasteiger partial charge in [0, 0.05) is 13.0 Å². The predicted octanol–water partition coefficient (Wildman–Crippen LogP) is 3.13. The molecule has 2 rings (SSSR count). The van der Waals surface area contributed by atoms with Gasteiger partial charge in [0.25, 0.3) is 0 Å².